The normalized spacial score (nSPS) is 18.7. The lowest BCUT2D eigenvalue weighted by Crippen LogP contribution is -2.39. The molecule has 0 spiro atoms. The molecule has 0 amide bonds. The molecule has 6 heteroatoms. The van der Waals surface area contributed by atoms with E-state index in [9.17, 15) is 5.11 Å². The summed E-state index contributed by atoms with van der Waals surface area (Å²) in [5.41, 5.74) is 5.71. The summed E-state index contributed by atoms with van der Waals surface area (Å²) in [5.74, 6) is 1.98. The molecule has 0 saturated carbocycles. The van der Waals surface area contributed by atoms with Crippen molar-refractivity contribution in [2.75, 3.05) is 5.75 Å². The molecule has 2 aliphatic rings. The fraction of sp³-hybridized carbons (Fsp3) is 0.630. The second-order valence-electron chi connectivity index (χ2n) is 9.09. The van der Waals surface area contributed by atoms with Gasteiger partial charge < -0.3 is 5.11 Å². The predicted octanol–water partition coefficient (Wildman–Crippen LogP) is 6.65. The highest BCUT2D eigenvalue weighted by Crippen LogP contribution is 2.27. The molecule has 0 saturated heterocycles. The monoisotopic (exact) mass is 470 g/mol. The van der Waals surface area contributed by atoms with Crippen LogP contribution >= 0.6 is 11.8 Å². The topological polar surface area (TPSA) is 60.2 Å². The SMILES string of the molecule is CCCCCCC(O)C/C=C\CCCCCCCC1=NNC2SCC(c3ccccc3)=NN12. The maximum absolute atomic E-state index is 10.0. The van der Waals surface area contributed by atoms with Gasteiger partial charge in [0.1, 0.15) is 5.84 Å². The summed E-state index contributed by atoms with van der Waals surface area (Å²) in [6.45, 7) is 2.22. The largest absolute Gasteiger partial charge is 0.393 e. The lowest BCUT2D eigenvalue weighted by molar-refractivity contribution is 0.163. The van der Waals surface area contributed by atoms with Gasteiger partial charge in [-0.25, -0.2) is 5.01 Å². The number of nitrogens with one attached hydrogen (secondary N) is 1. The number of nitrogens with zero attached hydrogens (tertiary/aromatic N) is 3. The van der Waals surface area contributed by atoms with Gasteiger partial charge in [-0.15, -0.1) is 11.8 Å². The van der Waals surface area contributed by atoms with Crippen molar-refractivity contribution in [1.29, 1.82) is 0 Å². The molecule has 5 nitrogen and oxygen atoms in total. The number of hydrazone groups is 2. The van der Waals surface area contributed by atoms with Crippen LogP contribution in [0, 0.1) is 0 Å². The van der Waals surface area contributed by atoms with Gasteiger partial charge in [0.15, 0.2) is 5.50 Å². The van der Waals surface area contributed by atoms with Crippen LogP contribution in [0.3, 0.4) is 0 Å². The molecule has 0 aliphatic carbocycles. The quantitative estimate of drug-likeness (QED) is 0.210. The number of amidine groups is 1. The molecule has 0 bridgehead atoms. The molecule has 2 atom stereocenters. The first-order valence-corrected chi connectivity index (χ1v) is 14.0. The smallest absolute Gasteiger partial charge is 0.185 e. The Morgan fingerprint density at radius 3 is 2.70 bits per heavy atom. The number of thioether (sulfide) groups is 1. The van der Waals surface area contributed by atoms with Crippen molar-refractivity contribution in [2.24, 2.45) is 10.2 Å². The molecule has 1 aromatic rings. The number of hydrogen-bond donors (Lipinski definition) is 2. The van der Waals surface area contributed by atoms with Crippen molar-refractivity contribution in [3.8, 4) is 0 Å². The second kappa shape index (κ2) is 15.2. The van der Waals surface area contributed by atoms with Gasteiger partial charge in [0.2, 0.25) is 0 Å². The third kappa shape index (κ3) is 9.17. The molecular weight excluding hydrogens is 428 g/mol. The maximum Gasteiger partial charge on any atom is 0.185 e. The summed E-state index contributed by atoms with van der Waals surface area (Å²) in [4.78, 5) is 0. The van der Waals surface area contributed by atoms with Crippen molar-refractivity contribution in [1.82, 2.24) is 10.4 Å². The highest BCUT2D eigenvalue weighted by atomic mass is 32.2. The zero-order valence-electron chi connectivity index (χ0n) is 20.3. The highest BCUT2D eigenvalue weighted by molar-refractivity contribution is 8.00. The Balaban J connectivity index is 1.23. The first kappa shape index (κ1) is 25.8. The number of rotatable bonds is 16. The summed E-state index contributed by atoms with van der Waals surface area (Å²) < 4.78 is 0. The van der Waals surface area contributed by atoms with Crippen LogP contribution in [0.5, 0.6) is 0 Å². The lowest BCUT2D eigenvalue weighted by Gasteiger charge is -2.27. The van der Waals surface area contributed by atoms with E-state index in [4.69, 9.17) is 5.10 Å². The predicted molar refractivity (Wildman–Crippen MR) is 142 cm³/mol. The van der Waals surface area contributed by atoms with Crippen molar-refractivity contribution < 1.29 is 5.11 Å². The standard InChI is InChI=1S/C27H42N4OS/c1-2-3-4-14-19-24(32)20-15-9-7-5-6-8-10-16-21-26-28-29-27-31(26)30-25(22-33-27)23-17-12-11-13-18-23/h9,11-13,15,17-18,24,27,29,32H,2-8,10,14,16,19-22H2,1H3/b15-9-. The van der Waals surface area contributed by atoms with Crippen LogP contribution in [-0.2, 0) is 0 Å². The molecule has 2 aliphatic heterocycles. The number of benzene rings is 1. The minimum absolute atomic E-state index is 0.147. The average Bonchev–Trinajstić information content (AvgIpc) is 3.25. The van der Waals surface area contributed by atoms with Gasteiger partial charge in [-0.2, -0.15) is 10.2 Å². The van der Waals surface area contributed by atoms with E-state index in [1.807, 2.05) is 17.8 Å². The van der Waals surface area contributed by atoms with Crippen LogP contribution in [-0.4, -0.2) is 39.0 Å². The van der Waals surface area contributed by atoms with Crippen molar-refractivity contribution >= 4 is 23.3 Å². The Kier molecular flexibility index (Phi) is 11.9. The van der Waals surface area contributed by atoms with Gasteiger partial charge in [-0.05, 0) is 37.7 Å². The van der Waals surface area contributed by atoms with E-state index >= 15 is 0 Å². The number of aliphatic hydroxyl groups excluding tert-OH is 1. The third-order valence-corrected chi connectivity index (χ3v) is 7.30. The van der Waals surface area contributed by atoms with E-state index in [0.717, 1.165) is 55.8 Å². The van der Waals surface area contributed by atoms with Gasteiger partial charge in [-0.3, -0.25) is 5.43 Å². The minimum atomic E-state index is -0.155. The van der Waals surface area contributed by atoms with E-state index in [0.29, 0.717) is 0 Å². The summed E-state index contributed by atoms with van der Waals surface area (Å²) in [6, 6.07) is 10.4. The Bertz CT molecular complexity index is 765. The zero-order chi connectivity index (χ0) is 23.1. The average molecular weight is 471 g/mol. The molecule has 2 N–H and O–H groups in total. The highest BCUT2D eigenvalue weighted by Gasteiger charge is 2.31. The number of hydrogen-bond acceptors (Lipinski definition) is 6. The van der Waals surface area contributed by atoms with E-state index in [1.165, 1.54) is 50.5 Å². The number of allylic oxidation sites excluding steroid dienone is 1. The van der Waals surface area contributed by atoms with Crippen LogP contribution in [0.25, 0.3) is 0 Å². The summed E-state index contributed by atoms with van der Waals surface area (Å²) in [7, 11) is 0. The Labute approximate surface area is 204 Å². The fourth-order valence-electron chi connectivity index (χ4n) is 4.22. The minimum Gasteiger partial charge on any atom is -0.393 e. The summed E-state index contributed by atoms with van der Waals surface area (Å²) in [6.07, 6.45) is 19.3. The van der Waals surface area contributed by atoms with Crippen LogP contribution in [0.2, 0.25) is 0 Å². The molecule has 1 aromatic carbocycles. The molecule has 0 aromatic heterocycles. The molecule has 182 valence electrons. The molecule has 3 rings (SSSR count). The second-order valence-corrected chi connectivity index (χ2v) is 10.2. The Morgan fingerprint density at radius 1 is 1.06 bits per heavy atom. The van der Waals surface area contributed by atoms with Crippen molar-refractivity contribution in [3.05, 3.63) is 48.0 Å². The van der Waals surface area contributed by atoms with Gasteiger partial charge in [0, 0.05) is 12.2 Å². The number of aliphatic hydroxyl groups is 1. The van der Waals surface area contributed by atoms with E-state index in [2.05, 4.69) is 58.9 Å². The van der Waals surface area contributed by atoms with Gasteiger partial charge in [0.25, 0.3) is 0 Å². The first-order chi connectivity index (χ1) is 16.3. The molecule has 0 radical (unpaired) electrons. The van der Waals surface area contributed by atoms with E-state index in [-0.39, 0.29) is 11.6 Å². The van der Waals surface area contributed by atoms with Crippen LogP contribution < -0.4 is 5.43 Å². The maximum atomic E-state index is 10.0. The van der Waals surface area contributed by atoms with Crippen molar-refractivity contribution in [3.63, 3.8) is 0 Å². The van der Waals surface area contributed by atoms with Gasteiger partial charge >= 0.3 is 0 Å². The van der Waals surface area contributed by atoms with Crippen LogP contribution in [0.4, 0.5) is 0 Å². The molecular formula is C27H42N4OS. The van der Waals surface area contributed by atoms with Crippen molar-refractivity contribution in [2.45, 2.75) is 102 Å². The van der Waals surface area contributed by atoms with Gasteiger partial charge in [-0.1, -0.05) is 94.4 Å². The summed E-state index contributed by atoms with van der Waals surface area (Å²) >= 11 is 1.85. The number of fused-ring (bicyclic) bond motifs is 1. The van der Waals surface area contributed by atoms with E-state index < -0.39 is 0 Å². The lowest BCUT2D eigenvalue weighted by atomic mass is 10.1. The van der Waals surface area contributed by atoms with E-state index in [1.54, 1.807) is 0 Å². The van der Waals surface area contributed by atoms with Gasteiger partial charge in [0.05, 0.1) is 11.8 Å². The van der Waals surface area contributed by atoms with Crippen LogP contribution in [0.15, 0.2) is 52.7 Å². The van der Waals surface area contributed by atoms with Crippen LogP contribution in [0.1, 0.15) is 96.0 Å². The Morgan fingerprint density at radius 2 is 1.85 bits per heavy atom. The molecule has 0 fully saturated rings. The molecule has 33 heavy (non-hydrogen) atoms. The molecule has 2 unspecified atom stereocenters. The fourth-order valence-corrected chi connectivity index (χ4v) is 5.20. The first-order valence-electron chi connectivity index (χ1n) is 13.0. The number of unbranched alkanes of at least 4 members (excludes halogenated alkanes) is 8. The third-order valence-electron chi connectivity index (χ3n) is 6.24. The zero-order valence-corrected chi connectivity index (χ0v) is 21.1. The summed E-state index contributed by atoms with van der Waals surface area (Å²) in [5, 5.41) is 21.5. The molecule has 2 heterocycles. The Hall–Kier alpha value is -1.79.